The lowest BCUT2D eigenvalue weighted by Gasteiger charge is -2.41. The molecule has 1 saturated carbocycles. The Labute approximate surface area is 128 Å². The van der Waals surface area contributed by atoms with Crippen LogP contribution in [-0.4, -0.2) is 25.0 Å². The highest BCUT2D eigenvalue weighted by Crippen LogP contribution is 2.39. The average Bonchev–Trinajstić information content (AvgIpc) is 2.38. The second-order valence-electron chi connectivity index (χ2n) is 6.71. The highest BCUT2D eigenvalue weighted by Gasteiger charge is 2.34. The summed E-state index contributed by atoms with van der Waals surface area (Å²) >= 11 is 6.06. The first-order valence-corrected chi connectivity index (χ1v) is 8.04. The Balaban J connectivity index is 1.97. The second-order valence-corrected chi connectivity index (χ2v) is 7.14. The number of benzene rings is 1. The van der Waals surface area contributed by atoms with Crippen molar-refractivity contribution in [1.82, 2.24) is 4.90 Å². The molecule has 1 aromatic rings. The summed E-state index contributed by atoms with van der Waals surface area (Å²) in [4.78, 5) is 2.40. The van der Waals surface area contributed by atoms with E-state index in [1.807, 2.05) is 12.1 Å². The molecule has 0 aliphatic heterocycles. The number of rotatable bonds is 5. The summed E-state index contributed by atoms with van der Waals surface area (Å²) in [6.45, 7) is 5.19. The molecular weight excluding hydrogens is 268 g/mol. The highest BCUT2D eigenvalue weighted by molar-refractivity contribution is 6.30. The van der Waals surface area contributed by atoms with E-state index in [-0.39, 0.29) is 0 Å². The second kappa shape index (κ2) is 6.93. The third-order valence-electron chi connectivity index (χ3n) is 4.57. The van der Waals surface area contributed by atoms with Crippen LogP contribution in [0, 0.1) is 11.3 Å². The molecule has 0 bridgehead atoms. The topological polar surface area (TPSA) is 29.3 Å². The predicted molar refractivity (Wildman–Crippen MR) is 86.9 cm³/mol. The molecule has 0 aromatic heterocycles. The van der Waals surface area contributed by atoms with Gasteiger partial charge in [0, 0.05) is 18.1 Å². The quantitative estimate of drug-likeness (QED) is 0.891. The van der Waals surface area contributed by atoms with Crippen molar-refractivity contribution in [3.63, 3.8) is 0 Å². The minimum Gasteiger partial charge on any atom is -0.330 e. The molecule has 2 nitrogen and oxygen atoms in total. The van der Waals surface area contributed by atoms with Gasteiger partial charge in [-0.3, -0.25) is 0 Å². The van der Waals surface area contributed by atoms with Crippen LogP contribution in [0.25, 0.3) is 0 Å². The maximum Gasteiger partial charge on any atom is 0.0409 e. The standard InChI is InChI=1S/C17H27ClN2/c1-14-5-4-8-17(10-14,12-19)13-20(2)11-15-6-3-7-16(18)9-15/h3,6-7,9,14H,4-5,8,10-13,19H2,1-2H3. The first-order chi connectivity index (χ1) is 9.53. The summed E-state index contributed by atoms with van der Waals surface area (Å²) in [7, 11) is 2.19. The lowest BCUT2D eigenvalue weighted by atomic mass is 9.70. The lowest BCUT2D eigenvalue weighted by Crippen LogP contribution is -2.44. The maximum absolute atomic E-state index is 6.12. The van der Waals surface area contributed by atoms with Crippen LogP contribution in [-0.2, 0) is 6.54 Å². The summed E-state index contributed by atoms with van der Waals surface area (Å²) < 4.78 is 0. The van der Waals surface area contributed by atoms with Crippen molar-refractivity contribution in [3.05, 3.63) is 34.9 Å². The normalized spacial score (nSPS) is 26.9. The molecule has 1 aliphatic carbocycles. The Morgan fingerprint density at radius 2 is 2.25 bits per heavy atom. The van der Waals surface area contributed by atoms with Gasteiger partial charge in [0.25, 0.3) is 0 Å². The van der Waals surface area contributed by atoms with E-state index in [0.717, 1.165) is 30.6 Å². The molecule has 0 amide bonds. The third-order valence-corrected chi connectivity index (χ3v) is 4.80. The van der Waals surface area contributed by atoms with Crippen LogP contribution in [0.15, 0.2) is 24.3 Å². The molecule has 2 unspecified atom stereocenters. The van der Waals surface area contributed by atoms with E-state index in [9.17, 15) is 0 Å². The summed E-state index contributed by atoms with van der Waals surface area (Å²) in [5, 5.41) is 0.815. The van der Waals surface area contributed by atoms with Crippen LogP contribution in [0.3, 0.4) is 0 Å². The predicted octanol–water partition coefficient (Wildman–Crippen LogP) is 3.93. The highest BCUT2D eigenvalue weighted by atomic mass is 35.5. The smallest absolute Gasteiger partial charge is 0.0409 e. The van der Waals surface area contributed by atoms with Crippen molar-refractivity contribution in [2.75, 3.05) is 20.1 Å². The Hall–Kier alpha value is -0.570. The van der Waals surface area contributed by atoms with Crippen molar-refractivity contribution in [1.29, 1.82) is 0 Å². The van der Waals surface area contributed by atoms with Gasteiger partial charge >= 0.3 is 0 Å². The molecule has 3 heteroatoms. The zero-order chi connectivity index (χ0) is 14.6. The molecule has 2 atom stereocenters. The van der Waals surface area contributed by atoms with Gasteiger partial charge in [0.15, 0.2) is 0 Å². The van der Waals surface area contributed by atoms with E-state index in [4.69, 9.17) is 17.3 Å². The van der Waals surface area contributed by atoms with Crippen LogP contribution < -0.4 is 5.73 Å². The molecular formula is C17H27ClN2. The fraction of sp³-hybridized carbons (Fsp3) is 0.647. The van der Waals surface area contributed by atoms with E-state index < -0.39 is 0 Å². The van der Waals surface area contributed by atoms with Gasteiger partial charge in [-0.2, -0.15) is 0 Å². The molecule has 0 saturated heterocycles. The van der Waals surface area contributed by atoms with Gasteiger partial charge in [-0.25, -0.2) is 0 Å². The van der Waals surface area contributed by atoms with Crippen molar-refractivity contribution < 1.29 is 0 Å². The first kappa shape index (κ1) is 15.8. The molecule has 1 aliphatic rings. The maximum atomic E-state index is 6.12. The molecule has 2 N–H and O–H groups in total. The van der Waals surface area contributed by atoms with Crippen molar-refractivity contribution in [2.45, 2.75) is 39.2 Å². The summed E-state index contributed by atoms with van der Waals surface area (Å²) in [5.41, 5.74) is 7.70. The van der Waals surface area contributed by atoms with Gasteiger partial charge in [0.1, 0.15) is 0 Å². The zero-order valence-corrected chi connectivity index (χ0v) is 13.5. The van der Waals surface area contributed by atoms with Gasteiger partial charge in [-0.1, -0.05) is 43.5 Å². The molecule has 1 aromatic carbocycles. The minimum atomic E-state index is 0.311. The molecule has 0 radical (unpaired) electrons. The number of nitrogens with zero attached hydrogens (tertiary/aromatic N) is 1. The van der Waals surface area contributed by atoms with Gasteiger partial charge < -0.3 is 10.6 Å². The summed E-state index contributed by atoms with van der Waals surface area (Å²) in [5.74, 6) is 0.812. The van der Waals surface area contributed by atoms with E-state index in [0.29, 0.717) is 5.41 Å². The van der Waals surface area contributed by atoms with Crippen LogP contribution in [0.2, 0.25) is 5.02 Å². The minimum absolute atomic E-state index is 0.311. The Bertz CT molecular complexity index is 435. The van der Waals surface area contributed by atoms with Crippen LogP contribution in [0.1, 0.15) is 38.2 Å². The van der Waals surface area contributed by atoms with Gasteiger partial charge in [-0.15, -0.1) is 0 Å². The van der Waals surface area contributed by atoms with E-state index in [2.05, 4.69) is 31.0 Å². The van der Waals surface area contributed by atoms with Gasteiger partial charge in [-0.05, 0) is 55.5 Å². The molecule has 112 valence electrons. The monoisotopic (exact) mass is 294 g/mol. The first-order valence-electron chi connectivity index (χ1n) is 7.66. The summed E-state index contributed by atoms with van der Waals surface area (Å²) in [6, 6.07) is 8.14. The Morgan fingerprint density at radius 3 is 2.90 bits per heavy atom. The number of hydrogen-bond acceptors (Lipinski definition) is 2. The Kier molecular flexibility index (Phi) is 5.48. The average molecular weight is 295 g/mol. The molecule has 1 fully saturated rings. The molecule has 20 heavy (non-hydrogen) atoms. The van der Waals surface area contributed by atoms with Crippen molar-refractivity contribution in [2.24, 2.45) is 17.1 Å². The Morgan fingerprint density at radius 1 is 1.45 bits per heavy atom. The molecule has 0 heterocycles. The molecule has 2 rings (SSSR count). The summed E-state index contributed by atoms with van der Waals surface area (Å²) in [6.07, 6.45) is 5.22. The van der Waals surface area contributed by atoms with Crippen molar-refractivity contribution in [3.8, 4) is 0 Å². The lowest BCUT2D eigenvalue weighted by molar-refractivity contribution is 0.0981. The van der Waals surface area contributed by atoms with Crippen molar-refractivity contribution >= 4 is 11.6 Å². The fourth-order valence-corrected chi connectivity index (χ4v) is 3.95. The van der Waals surface area contributed by atoms with Gasteiger partial charge in [0.2, 0.25) is 0 Å². The van der Waals surface area contributed by atoms with Gasteiger partial charge in [0.05, 0.1) is 0 Å². The molecule has 0 spiro atoms. The number of halogens is 1. The van der Waals surface area contributed by atoms with E-state index >= 15 is 0 Å². The van der Waals surface area contributed by atoms with E-state index in [1.165, 1.54) is 31.2 Å². The largest absolute Gasteiger partial charge is 0.330 e. The third kappa shape index (κ3) is 4.21. The van der Waals surface area contributed by atoms with E-state index in [1.54, 1.807) is 0 Å². The van der Waals surface area contributed by atoms with Crippen LogP contribution in [0.5, 0.6) is 0 Å². The van der Waals surface area contributed by atoms with Crippen LogP contribution >= 0.6 is 11.6 Å². The number of hydrogen-bond donors (Lipinski definition) is 1. The number of nitrogens with two attached hydrogens (primary N) is 1. The zero-order valence-electron chi connectivity index (χ0n) is 12.7. The van der Waals surface area contributed by atoms with Crippen LogP contribution in [0.4, 0.5) is 0 Å². The fourth-order valence-electron chi connectivity index (χ4n) is 3.74. The SMILES string of the molecule is CC1CCCC(CN)(CN(C)Cc2cccc(Cl)c2)C1.